The van der Waals surface area contributed by atoms with Crippen LogP contribution in [0.1, 0.15) is 31.1 Å². The Labute approximate surface area is 118 Å². The Morgan fingerprint density at radius 1 is 1.35 bits per heavy atom. The molecule has 0 radical (unpaired) electrons. The quantitative estimate of drug-likeness (QED) is 0.772. The first-order valence-electron chi connectivity index (χ1n) is 6.49. The summed E-state index contributed by atoms with van der Waals surface area (Å²) in [5.41, 5.74) is 5.88. The predicted octanol–water partition coefficient (Wildman–Crippen LogP) is 1.60. The van der Waals surface area contributed by atoms with E-state index in [1.807, 2.05) is 13.8 Å². The van der Waals surface area contributed by atoms with Crippen molar-refractivity contribution in [3.8, 4) is 5.75 Å². The van der Waals surface area contributed by atoms with E-state index in [2.05, 4.69) is 0 Å². The third kappa shape index (κ3) is 3.40. The molecule has 1 amide bonds. The standard InChI is InChI=1S/C14H20N2O4/c1-4-16(5-2)13(17)9(3)20-12-10(14(18)19)7-6-8-11(12)15/h6-9H,4-5,15H2,1-3H3,(H,18,19). The highest BCUT2D eigenvalue weighted by Gasteiger charge is 2.23. The summed E-state index contributed by atoms with van der Waals surface area (Å²) < 4.78 is 5.49. The molecule has 1 aromatic rings. The number of ether oxygens (including phenoxy) is 1. The third-order valence-electron chi connectivity index (χ3n) is 2.99. The van der Waals surface area contributed by atoms with Gasteiger partial charge in [-0.05, 0) is 32.9 Å². The van der Waals surface area contributed by atoms with Crippen LogP contribution in [0, 0.1) is 0 Å². The van der Waals surface area contributed by atoms with Gasteiger partial charge < -0.3 is 20.5 Å². The topological polar surface area (TPSA) is 92.9 Å². The van der Waals surface area contributed by atoms with E-state index in [0.29, 0.717) is 13.1 Å². The lowest BCUT2D eigenvalue weighted by atomic mass is 10.1. The smallest absolute Gasteiger partial charge is 0.339 e. The maximum atomic E-state index is 12.1. The second kappa shape index (κ2) is 6.79. The zero-order chi connectivity index (χ0) is 15.3. The lowest BCUT2D eigenvalue weighted by Crippen LogP contribution is -2.40. The van der Waals surface area contributed by atoms with Gasteiger partial charge in [-0.1, -0.05) is 6.07 Å². The number of nitrogens with two attached hydrogens (primary N) is 1. The molecule has 0 spiro atoms. The number of rotatable bonds is 6. The molecule has 0 aromatic heterocycles. The average Bonchev–Trinajstić information content (AvgIpc) is 2.41. The van der Waals surface area contributed by atoms with Crippen LogP contribution in [0.4, 0.5) is 5.69 Å². The first-order chi connectivity index (χ1) is 9.42. The van der Waals surface area contributed by atoms with Crippen LogP contribution in [0.15, 0.2) is 18.2 Å². The van der Waals surface area contributed by atoms with E-state index in [1.54, 1.807) is 11.8 Å². The molecular weight excluding hydrogens is 260 g/mol. The van der Waals surface area contributed by atoms with E-state index >= 15 is 0 Å². The molecule has 6 heteroatoms. The number of amides is 1. The number of hydrogen-bond acceptors (Lipinski definition) is 4. The summed E-state index contributed by atoms with van der Waals surface area (Å²) in [5.74, 6) is -1.31. The lowest BCUT2D eigenvalue weighted by Gasteiger charge is -2.24. The number of anilines is 1. The highest BCUT2D eigenvalue weighted by Crippen LogP contribution is 2.27. The fourth-order valence-electron chi connectivity index (χ4n) is 1.87. The van der Waals surface area contributed by atoms with Crippen LogP contribution in [0.5, 0.6) is 5.75 Å². The van der Waals surface area contributed by atoms with E-state index in [1.165, 1.54) is 18.2 Å². The predicted molar refractivity (Wildman–Crippen MR) is 75.8 cm³/mol. The maximum Gasteiger partial charge on any atom is 0.339 e. The number of aromatic carboxylic acids is 1. The second-order valence-electron chi connectivity index (χ2n) is 4.30. The normalized spacial score (nSPS) is 11.8. The molecule has 0 saturated carbocycles. The van der Waals surface area contributed by atoms with Gasteiger partial charge in [-0.25, -0.2) is 4.79 Å². The summed E-state index contributed by atoms with van der Waals surface area (Å²) >= 11 is 0. The van der Waals surface area contributed by atoms with Gasteiger partial charge in [0.1, 0.15) is 5.56 Å². The van der Waals surface area contributed by atoms with Crippen molar-refractivity contribution in [2.75, 3.05) is 18.8 Å². The molecular formula is C14H20N2O4. The summed E-state index contributed by atoms with van der Waals surface area (Å²) in [6.07, 6.45) is -0.794. The minimum Gasteiger partial charge on any atom is -0.478 e. The first-order valence-corrected chi connectivity index (χ1v) is 6.49. The van der Waals surface area contributed by atoms with Crippen molar-refractivity contribution >= 4 is 17.6 Å². The van der Waals surface area contributed by atoms with Crippen LogP contribution in [-0.2, 0) is 4.79 Å². The number of nitrogens with zero attached hydrogens (tertiary/aromatic N) is 1. The zero-order valence-electron chi connectivity index (χ0n) is 11.9. The van der Waals surface area contributed by atoms with Gasteiger partial charge in [0.25, 0.3) is 5.91 Å². The maximum absolute atomic E-state index is 12.1. The van der Waals surface area contributed by atoms with Gasteiger partial charge in [0.15, 0.2) is 11.9 Å². The van der Waals surface area contributed by atoms with Crippen molar-refractivity contribution in [1.29, 1.82) is 0 Å². The van der Waals surface area contributed by atoms with E-state index in [9.17, 15) is 9.59 Å². The van der Waals surface area contributed by atoms with Crippen molar-refractivity contribution in [2.45, 2.75) is 26.9 Å². The Bertz CT molecular complexity index is 498. The number of likely N-dealkylation sites (N-methyl/N-ethyl adjacent to an activating group) is 1. The summed E-state index contributed by atoms with van der Waals surface area (Å²) in [6, 6.07) is 4.46. The molecule has 1 unspecified atom stereocenters. The number of hydrogen-bond donors (Lipinski definition) is 2. The van der Waals surface area contributed by atoms with Crippen molar-refractivity contribution in [2.24, 2.45) is 0 Å². The van der Waals surface area contributed by atoms with Crippen LogP contribution in [0.2, 0.25) is 0 Å². The molecule has 1 atom stereocenters. The average molecular weight is 280 g/mol. The molecule has 110 valence electrons. The largest absolute Gasteiger partial charge is 0.478 e. The first kappa shape index (κ1) is 15.8. The SMILES string of the molecule is CCN(CC)C(=O)C(C)Oc1c(N)cccc1C(=O)O. The van der Waals surface area contributed by atoms with Crippen LogP contribution in [-0.4, -0.2) is 41.1 Å². The molecule has 0 bridgehead atoms. The van der Waals surface area contributed by atoms with Crippen LogP contribution in [0.25, 0.3) is 0 Å². The van der Waals surface area contributed by atoms with Crippen LogP contribution in [0.3, 0.4) is 0 Å². The van der Waals surface area contributed by atoms with Crippen molar-refractivity contribution < 1.29 is 19.4 Å². The Morgan fingerprint density at radius 2 is 1.95 bits per heavy atom. The number of para-hydroxylation sites is 1. The fourth-order valence-corrected chi connectivity index (χ4v) is 1.87. The molecule has 0 aliphatic rings. The number of carboxylic acids is 1. The molecule has 3 N–H and O–H groups in total. The summed E-state index contributed by atoms with van der Waals surface area (Å²) in [7, 11) is 0. The molecule has 0 aliphatic carbocycles. The van der Waals surface area contributed by atoms with Crippen LogP contribution >= 0.6 is 0 Å². The Balaban J connectivity index is 2.98. The van der Waals surface area contributed by atoms with Gasteiger partial charge in [0.05, 0.1) is 5.69 Å². The van der Waals surface area contributed by atoms with Crippen molar-refractivity contribution in [1.82, 2.24) is 4.90 Å². The van der Waals surface area contributed by atoms with Crippen LogP contribution < -0.4 is 10.5 Å². The Kier molecular flexibility index (Phi) is 5.37. The van der Waals surface area contributed by atoms with Gasteiger partial charge in [0.2, 0.25) is 0 Å². The molecule has 0 heterocycles. The van der Waals surface area contributed by atoms with E-state index in [-0.39, 0.29) is 22.9 Å². The lowest BCUT2D eigenvalue weighted by molar-refractivity contribution is -0.137. The molecule has 0 aliphatic heterocycles. The number of nitrogen functional groups attached to an aromatic ring is 1. The van der Waals surface area contributed by atoms with E-state index < -0.39 is 12.1 Å². The van der Waals surface area contributed by atoms with Gasteiger partial charge in [0, 0.05) is 13.1 Å². The third-order valence-corrected chi connectivity index (χ3v) is 2.99. The minimum atomic E-state index is -1.14. The molecule has 6 nitrogen and oxygen atoms in total. The van der Waals surface area contributed by atoms with Gasteiger partial charge in [-0.3, -0.25) is 4.79 Å². The molecule has 20 heavy (non-hydrogen) atoms. The molecule has 0 fully saturated rings. The Morgan fingerprint density at radius 3 is 2.45 bits per heavy atom. The number of carboxylic acid groups (broad SMARTS) is 1. The molecule has 0 saturated heterocycles. The van der Waals surface area contributed by atoms with E-state index in [4.69, 9.17) is 15.6 Å². The number of benzene rings is 1. The Hall–Kier alpha value is -2.24. The van der Waals surface area contributed by atoms with Gasteiger partial charge in [-0.15, -0.1) is 0 Å². The van der Waals surface area contributed by atoms with Crippen molar-refractivity contribution in [3.63, 3.8) is 0 Å². The molecule has 1 rings (SSSR count). The zero-order valence-corrected chi connectivity index (χ0v) is 11.9. The van der Waals surface area contributed by atoms with Crippen molar-refractivity contribution in [3.05, 3.63) is 23.8 Å². The number of carbonyl (C=O) groups is 2. The van der Waals surface area contributed by atoms with Gasteiger partial charge >= 0.3 is 5.97 Å². The summed E-state index contributed by atoms with van der Waals surface area (Å²) in [6.45, 7) is 6.46. The van der Waals surface area contributed by atoms with Gasteiger partial charge in [-0.2, -0.15) is 0 Å². The number of carbonyl (C=O) groups excluding carboxylic acids is 1. The highest BCUT2D eigenvalue weighted by molar-refractivity contribution is 5.93. The second-order valence-corrected chi connectivity index (χ2v) is 4.30. The summed E-state index contributed by atoms with van der Waals surface area (Å²) in [5, 5.41) is 9.11. The highest BCUT2D eigenvalue weighted by atomic mass is 16.5. The fraction of sp³-hybridized carbons (Fsp3) is 0.429. The summed E-state index contributed by atoms with van der Waals surface area (Å²) in [4.78, 5) is 24.9. The monoisotopic (exact) mass is 280 g/mol. The molecule has 1 aromatic carbocycles. The van der Waals surface area contributed by atoms with E-state index in [0.717, 1.165) is 0 Å². The minimum absolute atomic E-state index is 0.0352.